The molecule has 0 fully saturated rings. The van der Waals surface area contributed by atoms with Crippen LogP contribution in [0.25, 0.3) is 0 Å². The van der Waals surface area contributed by atoms with Crippen molar-refractivity contribution in [1.82, 2.24) is 0 Å². The lowest BCUT2D eigenvalue weighted by molar-refractivity contribution is -0.139. The van der Waals surface area contributed by atoms with Crippen molar-refractivity contribution in [2.45, 2.75) is 18.9 Å². The van der Waals surface area contributed by atoms with Crippen LogP contribution >= 0.6 is 0 Å². The molecule has 0 rings (SSSR count). The van der Waals surface area contributed by atoms with Crippen LogP contribution in [0.1, 0.15) is 12.8 Å². The summed E-state index contributed by atoms with van der Waals surface area (Å²) in [4.78, 5) is 10.1. The molecule has 0 aromatic carbocycles. The number of carboxylic acids is 1. The number of ether oxygens (including phenoxy) is 1. The number of methoxy groups -OCH3 is 1. The van der Waals surface area contributed by atoms with E-state index >= 15 is 0 Å². The molecule has 10 heavy (non-hydrogen) atoms. The van der Waals surface area contributed by atoms with Crippen molar-refractivity contribution in [3.05, 3.63) is 0 Å². The average molecular weight is 143 g/mol. The average Bonchev–Trinajstić information content (AvgIpc) is 1.86. The van der Waals surface area contributed by atoms with Crippen LogP contribution in [-0.4, -0.2) is 24.3 Å². The molecule has 4 nitrogen and oxygen atoms in total. The molecule has 0 aliphatic carbocycles. The third-order valence-electron chi connectivity index (χ3n) is 1.05. The Morgan fingerprint density at radius 2 is 2.50 bits per heavy atom. The number of nitrogens with zero attached hydrogens (tertiary/aromatic N) is 1. The first-order chi connectivity index (χ1) is 4.70. The van der Waals surface area contributed by atoms with E-state index in [2.05, 4.69) is 0 Å². The summed E-state index contributed by atoms with van der Waals surface area (Å²) in [5, 5.41) is 16.4. The smallest absolute Gasteiger partial charge is 0.306 e. The summed E-state index contributed by atoms with van der Waals surface area (Å²) in [6.07, 6.45) is -0.449. The van der Waals surface area contributed by atoms with Gasteiger partial charge in [-0.25, -0.2) is 0 Å². The van der Waals surface area contributed by atoms with Crippen molar-refractivity contribution >= 4 is 5.97 Å². The highest BCUT2D eigenvalue weighted by molar-refractivity contribution is 5.67. The topological polar surface area (TPSA) is 70.3 Å². The molecular formula is C6H9NO3. The number of hydrogen-bond acceptors (Lipinski definition) is 3. The maximum absolute atomic E-state index is 10.1. The van der Waals surface area contributed by atoms with Gasteiger partial charge in [0.2, 0.25) is 0 Å². The van der Waals surface area contributed by atoms with Crippen molar-refractivity contribution in [3.63, 3.8) is 0 Å². The molecule has 1 atom stereocenters. The van der Waals surface area contributed by atoms with Crippen molar-refractivity contribution in [1.29, 1.82) is 5.26 Å². The van der Waals surface area contributed by atoms with Gasteiger partial charge < -0.3 is 9.84 Å². The highest BCUT2D eigenvalue weighted by Gasteiger charge is 2.10. The van der Waals surface area contributed by atoms with Crippen LogP contribution in [0.15, 0.2) is 0 Å². The van der Waals surface area contributed by atoms with Gasteiger partial charge in [0.1, 0.15) is 0 Å². The van der Waals surface area contributed by atoms with Gasteiger partial charge in [-0.05, 0) is 0 Å². The minimum absolute atomic E-state index is 0.107. The number of nitriles is 1. The number of carbonyl (C=O) groups is 1. The van der Waals surface area contributed by atoms with E-state index in [1.807, 2.05) is 6.07 Å². The Morgan fingerprint density at radius 1 is 1.90 bits per heavy atom. The number of hydrogen-bond donors (Lipinski definition) is 1. The van der Waals surface area contributed by atoms with Gasteiger partial charge in [0.25, 0.3) is 0 Å². The largest absolute Gasteiger partial charge is 0.481 e. The van der Waals surface area contributed by atoms with Crippen molar-refractivity contribution in [3.8, 4) is 6.07 Å². The fourth-order valence-electron chi connectivity index (χ4n) is 0.535. The molecule has 0 spiro atoms. The monoisotopic (exact) mass is 143 g/mol. The van der Waals surface area contributed by atoms with E-state index < -0.39 is 12.1 Å². The third-order valence-corrected chi connectivity index (χ3v) is 1.05. The molecule has 56 valence electrons. The van der Waals surface area contributed by atoms with E-state index in [0.717, 1.165) is 0 Å². The first-order valence-corrected chi connectivity index (χ1v) is 2.82. The molecule has 0 heterocycles. The van der Waals surface area contributed by atoms with E-state index in [-0.39, 0.29) is 12.8 Å². The van der Waals surface area contributed by atoms with Crippen LogP contribution in [0.4, 0.5) is 0 Å². The second-order valence-electron chi connectivity index (χ2n) is 1.82. The van der Waals surface area contributed by atoms with E-state index in [1.54, 1.807) is 0 Å². The molecule has 0 saturated heterocycles. The van der Waals surface area contributed by atoms with Gasteiger partial charge in [-0.15, -0.1) is 0 Å². The van der Waals surface area contributed by atoms with Crippen LogP contribution in [0, 0.1) is 11.3 Å². The van der Waals surface area contributed by atoms with Crippen LogP contribution < -0.4 is 0 Å². The van der Waals surface area contributed by atoms with Gasteiger partial charge in [0.05, 0.1) is 25.0 Å². The quantitative estimate of drug-likeness (QED) is 0.618. The molecule has 0 aromatic heterocycles. The SMILES string of the molecule is CO[C@H](CC#N)CC(=O)O. The Bertz CT molecular complexity index is 150. The first-order valence-electron chi connectivity index (χ1n) is 2.82. The Labute approximate surface area is 59.0 Å². The van der Waals surface area contributed by atoms with E-state index in [0.29, 0.717) is 0 Å². The Morgan fingerprint density at radius 3 is 2.80 bits per heavy atom. The predicted molar refractivity (Wildman–Crippen MR) is 33.3 cm³/mol. The molecule has 0 aliphatic rings. The molecule has 0 radical (unpaired) electrons. The van der Waals surface area contributed by atoms with Gasteiger partial charge in [0, 0.05) is 7.11 Å². The molecule has 0 amide bonds. The van der Waals surface area contributed by atoms with Gasteiger partial charge in [-0.1, -0.05) is 0 Å². The zero-order valence-electron chi connectivity index (χ0n) is 5.70. The van der Waals surface area contributed by atoms with Gasteiger partial charge in [-0.3, -0.25) is 4.79 Å². The molecule has 0 bridgehead atoms. The Balaban J connectivity index is 3.62. The van der Waals surface area contributed by atoms with E-state index in [9.17, 15) is 4.79 Å². The predicted octanol–water partition coefficient (Wildman–Crippen LogP) is 0.390. The standard InChI is InChI=1S/C6H9NO3/c1-10-5(2-3-7)4-6(8)9/h5H,2,4H2,1H3,(H,8,9)/t5-/m1/s1. The Kier molecular flexibility index (Phi) is 4.25. The van der Waals surface area contributed by atoms with Crippen LogP contribution in [0.5, 0.6) is 0 Å². The molecular weight excluding hydrogens is 134 g/mol. The minimum Gasteiger partial charge on any atom is -0.481 e. The van der Waals surface area contributed by atoms with Gasteiger partial charge >= 0.3 is 5.97 Å². The van der Waals surface area contributed by atoms with Crippen LogP contribution in [0.3, 0.4) is 0 Å². The second-order valence-corrected chi connectivity index (χ2v) is 1.82. The van der Waals surface area contributed by atoms with Crippen molar-refractivity contribution in [2.75, 3.05) is 7.11 Å². The zero-order chi connectivity index (χ0) is 7.98. The molecule has 4 heteroatoms. The highest BCUT2D eigenvalue weighted by atomic mass is 16.5. The lowest BCUT2D eigenvalue weighted by Crippen LogP contribution is -2.14. The van der Waals surface area contributed by atoms with Crippen LogP contribution in [0.2, 0.25) is 0 Å². The Hall–Kier alpha value is -1.08. The molecule has 1 N–H and O–H groups in total. The second kappa shape index (κ2) is 4.77. The lowest BCUT2D eigenvalue weighted by atomic mass is 10.2. The summed E-state index contributed by atoms with van der Waals surface area (Å²) in [6.45, 7) is 0. The summed E-state index contributed by atoms with van der Waals surface area (Å²) in [6, 6.07) is 1.84. The van der Waals surface area contributed by atoms with Crippen LogP contribution in [-0.2, 0) is 9.53 Å². The normalized spacial score (nSPS) is 12.0. The minimum atomic E-state index is -0.942. The van der Waals surface area contributed by atoms with E-state index in [4.69, 9.17) is 15.1 Å². The van der Waals surface area contributed by atoms with Crippen molar-refractivity contribution in [2.24, 2.45) is 0 Å². The van der Waals surface area contributed by atoms with Gasteiger partial charge in [0.15, 0.2) is 0 Å². The summed E-state index contributed by atoms with van der Waals surface area (Å²) in [7, 11) is 1.39. The summed E-state index contributed by atoms with van der Waals surface area (Å²) < 4.78 is 4.70. The fraction of sp³-hybridized carbons (Fsp3) is 0.667. The van der Waals surface area contributed by atoms with Crippen molar-refractivity contribution < 1.29 is 14.6 Å². The molecule has 0 unspecified atom stereocenters. The third kappa shape index (κ3) is 3.87. The summed E-state index contributed by atoms with van der Waals surface area (Å²) >= 11 is 0. The zero-order valence-corrected chi connectivity index (χ0v) is 5.70. The van der Waals surface area contributed by atoms with Gasteiger partial charge in [-0.2, -0.15) is 5.26 Å². The van der Waals surface area contributed by atoms with E-state index in [1.165, 1.54) is 7.11 Å². The number of aliphatic carboxylic acids is 1. The fourth-order valence-corrected chi connectivity index (χ4v) is 0.535. The molecule has 0 aliphatic heterocycles. The molecule has 0 saturated carbocycles. The summed E-state index contributed by atoms with van der Waals surface area (Å²) in [5.41, 5.74) is 0. The first kappa shape index (κ1) is 8.92. The maximum Gasteiger partial charge on any atom is 0.306 e. The lowest BCUT2D eigenvalue weighted by Gasteiger charge is -2.06. The summed E-state index contributed by atoms with van der Waals surface area (Å²) in [5.74, 6) is -0.942. The number of rotatable bonds is 4. The highest BCUT2D eigenvalue weighted by Crippen LogP contribution is 2.00. The molecule has 0 aromatic rings. The maximum atomic E-state index is 10.1. The number of carboxylic acid groups (broad SMARTS) is 1.